The second-order valence-corrected chi connectivity index (χ2v) is 9.83. The normalized spacial score (nSPS) is 29.0. The van der Waals surface area contributed by atoms with Crippen LogP contribution in [0.3, 0.4) is 0 Å². The summed E-state index contributed by atoms with van der Waals surface area (Å²) < 4.78 is 0. The zero-order valence-electron chi connectivity index (χ0n) is 18.0. The first kappa shape index (κ1) is 19.9. The lowest BCUT2D eigenvalue weighted by molar-refractivity contribution is -0.885. The van der Waals surface area contributed by atoms with Gasteiger partial charge < -0.3 is 0 Å². The molecule has 0 saturated carbocycles. The van der Waals surface area contributed by atoms with Crippen LogP contribution in [-0.2, 0) is 20.9 Å². The number of carbonyl (C=O) groups excluding carboxylic acids is 3. The van der Waals surface area contributed by atoms with E-state index in [4.69, 9.17) is 0 Å². The lowest BCUT2D eigenvalue weighted by Crippen LogP contribution is -3.12. The van der Waals surface area contributed by atoms with E-state index in [0.717, 1.165) is 21.6 Å². The van der Waals surface area contributed by atoms with Crippen molar-refractivity contribution in [1.82, 2.24) is 4.90 Å². The highest BCUT2D eigenvalue weighted by Crippen LogP contribution is 2.45. The van der Waals surface area contributed by atoms with Gasteiger partial charge in [-0.1, -0.05) is 75.4 Å². The van der Waals surface area contributed by atoms with E-state index >= 15 is 0 Å². The first-order valence-electron chi connectivity index (χ1n) is 10.9. The van der Waals surface area contributed by atoms with Crippen molar-refractivity contribution in [3.05, 3.63) is 77.5 Å². The van der Waals surface area contributed by atoms with E-state index in [1.165, 1.54) is 4.90 Å². The summed E-state index contributed by atoms with van der Waals surface area (Å²) in [5.41, 5.74) is 2.41. The van der Waals surface area contributed by atoms with Gasteiger partial charge in [-0.25, -0.2) is 0 Å². The molecule has 1 unspecified atom stereocenters. The maximum atomic E-state index is 13.6. The molecule has 5 nitrogen and oxygen atoms in total. The Bertz CT molecular complexity index is 1100. The zero-order chi connectivity index (χ0) is 21.9. The van der Waals surface area contributed by atoms with Gasteiger partial charge in [-0.15, -0.1) is 0 Å². The predicted octanol–water partition coefficient (Wildman–Crippen LogP) is 2.40. The molecule has 5 atom stereocenters. The topological polar surface area (TPSA) is 58.9 Å². The van der Waals surface area contributed by atoms with Gasteiger partial charge in [0.1, 0.15) is 17.9 Å². The maximum Gasteiger partial charge on any atom is 0.240 e. The molecule has 31 heavy (non-hydrogen) atoms. The number of amides is 2. The fraction of sp³-hybridized carbons (Fsp3) is 0.346. The van der Waals surface area contributed by atoms with Crippen molar-refractivity contribution >= 4 is 23.7 Å². The molecule has 3 aliphatic heterocycles. The third kappa shape index (κ3) is 2.99. The fourth-order valence-electron chi connectivity index (χ4n) is 5.50. The van der Waals surface area contributed by atoms with E-state index in [-0.39, 0.29) is 30.2 Å². The number of imide groups is 1. The summed E-state index contributed by atoms with van der Waals surface area (Å²) in [4.78, 5) is 43.1. The van der Waals surface area contributed by atoms with Gasteiger partial charge in [-0.05, 0) is 17.2 Å². The highest BCUT2D eigenvalue weighted by atomic mass is 16.2. The lowest BCUT2D eigenvalue weighted by Gasteiger charge is -2.32. The van der Waals surface area contributed by atoms with Crippen molar-refractivity contribution in [2.75, 3.05) is 0 Å². The van der Waals surface area contributed by atoms with E-state index < -0.39 is 23.3 Å². The number of likely N-dealkylation sites (tertiary alicyclic amines) is 1. The third-order valence-corrected chi connectivity index (χ3v) is 6.92. The summed E-state index contributed by atoms with van der Waals surface area (Å²) >= 11 is 0. The van der Waals surface area contributed by atoms with Crippen LogP contribution in [0.5, 0.6) is 0 Å². The average molecular weight is 416 g/mol. The van der Waals surface area contributed by atoms with E-state index in [0.29, 0.717) is 0 Å². The van der Waals surface area contributed by atoms with E-state index in [2.05, 4.69) is 0 Å². The molecule has 5 rings (SSSR count). The SMILES string of the molecule is CC(C)(C)C(=O)[C@H]1[C@@H]2C(=O)N(Cc3ccccc3)C(=O)[C@@H]2[C@H]2c3ccccc3C=C[NH+]21. The molecule has 1 N–H and O–H groups in total. The molecular formula is C26H27N2O3+. The Hall–Kier alpha value is -3.05. The molecule has 2 aromatic rings. The summed E-state index contributed by atoms with van der Waals surface area (Å²) in [6.07, 6.45) is 4.00. The van der Waals surface area contributed by atoms with Gasteiger partial charge in [0, 0.05) is 11.0 Å². The standard InChI is InChI=1S/C26H26N2O3/c1-26(2,3)23(29)22-20-19(21-18-12-8-7-11-17(18)13-14-27(21)22)24(30)28(25(20)31)15-16-9-5-4-6-10-16/h4-14,19-22H,15H2,1-3H3/p+1/t19-,20+,21+,22+/m0/s1. The number of Topliss-reactive ketones (excluding diaryl/α,β-unsaturated/α-hetero) is 1. The van der Waals surface area contributed by atoms with E-state index in [1.807, 2.05) is 87.6 Å². The van der Waals surface area contributed by atoms with Gasteiger partial charge in [0.25, 0.3) is 0 Å². The van der Waals surface area contributed by atoms with Crippen LogP contribution in [-0.4, -0.2) is 28.5 Å². The number of ketones is 1. The first-order chi connectivity index (χ1) is 14.8. The maximum absolute atomic E-state index is 13.6. The third-order valence-electron chi connectivity index (χ3n) is 6.92. The molecule has 0 radical (unpaired) electrons. The van der Waals surface area contributed by atoms with Crippen LogP contribution in [0.15, 0.2) is 60.8 Å². The second-order valence-electron chi connectivity index (χ2n) is 9.83. The molecule has 158 valence electrons. The van der Waals surface area contributed by atoms with Crippen molar-refractivity contribution in [1.29, 1.82) is 0 Å². The number of nitrogens with zero attached hydrogens (tertiary/aromatic N) is 1. The van der Waals surface area contributed by atoms with Crippen LogP contribution in [0.4, 0.5) is 0 Å². The Morgan fingerprint density at radius 3 is 2.29 bits per heavy atom. The number of rotatable bonds is 3. The van der Waals surface area contributed by atoms with Gasteiger partial charge in [0.15, 0.2) is 11.8 Å². The molecule has 0 spiro atoms. The van der Waals surface area contributed by atoms with Crippen molar-refractivity contribution < 1.29 is 19.3 Å². The number of benzene rings is 2. The van der Waals surface area contributed by atoms with Crippen molar-refractivity contribution in [3.63, 3.8) is 0 Å². The molecular weight excluding hydrogens is 388 g/mol. The summed E-state index contributed by atoms with van der Waals surface area (Å²) in [6, 6.07) is 16.8. The van der Waals surface area contributed by atoms with Crippen LogP contribution in [0, 0.1) is 17.3 Å². The molecule has 2 amide bonds. The smallest absolute Gasteiger partial charge is 0.240 e. The molecule has 3 heterocycles. The molecule has 0 aliphatic carbocycles. The Balaban J connectivity index is 1.60. The Morgan fingerprint density at radius 1 is 0.935 bits per heavy atom. The first-order valence-corrected chi connectivity index (χ1v) is 10.9. The minimum Gasteiger partial charge on any atom is -0.292 e. The largest absolute Gasteiger partial charge is 0.292 e. The zero-order valence-corrected chi connectivity index (χ0v) is 18.0. The van der Waals surface area contributed by atoms with E-state index in [9.17, 15) is 14.4 Å². The molecule has 0 aromatic heterocycles. The highest BCUT2D eigenvalue weighted by molar-refractivity contribution is 6.09. The molecule has 3 aliphatic rings. The summed E-state index contributed by atoms with van der Waals surface area (Å²) in [5, 5.41) is 0. The number of carbonyl (C=O) groups is 3. The van der Waals surface area contributed by atoms with Crippen LogP contribution < -0.4 is 4.90 Å². The average Bonchev–Trinajstić information content (AvgIpc) is 3.22. The number of nitrogens with one attached hydrogen (secondary N) is 1. The van der Waals surface area contributed by atoms with Gasteiger partial charge in [-0.2, -0.15) is 0 Å². The molecule has 2 fully saturated rings. The number of hydrogen-bond donors (Lipinski definition) is 1. The van der Waals surface area contributed by atoms with Gasteiger partial charge in [0.05, 0.1) is 12.7 Å². The van der Waals surface area contributed by atoms with Crippen LogP contribution in [0.25, 0.3) is 6.08 Å². The predicted molar refractivity (Wildman–Crippen MR) is 116 cm³/mol. The Labute approximate surface area is 182 Å². The quantitative estimate of drug-likeness (QED) is 0.784. The monoisotopic (exact) mass is 415 g/mol. The molecule has 0 bridgehead atoms. The fourth-order valence-corrected chi connectivity index (χ4v) is 5.50. The van der Waals surface area contributed by atoms with Crippen molar-refractivity contribution in [3.8, 4) is 0 Å². The van der Waals surface area contributed by atoms with E-state index in [1.54, 1.807) is 0 Å². The number of quaternary nitrogens is 1. The molecule has 5 heteroatoms. The Morgan fingerprint density at radius 2 is 1.58 bits per heavy atom. The molecule has 2 aromatic carbocycles. The minimum atomic E-state index is -0.626. The number of hydrogen-bond acceptors (Lipinski definition) is 3. The summed E-state index contributed by atoms with van der Waals surface area (Å²) in [7, 11) is 0. The summed E-state index contributed by atoms with van der Waals surface area (Å²) in [6.45, 7) is 5.92. The highest BCUT2D eigenvalue weighted by Gasteiger charge is 2.68. The van der Waals surface area contributed by atoms with Crippen molar-refractivity contribution in [2.24, 2.45) is 17.3 Å². The van der Waals surface area contributed by atoms with Crippen LogP contribution in [0.1, 0.15) is 43.5 Å². The van der Waals surface area contributed by atoms with Crippen LogP contribution >= 0.6 is 0 Å². The van der Waals surface area contributed by atoms with Crippen molar-refractivity contribution in [2.45, 2.75) is 39.4 Å². The number of fused-ring (bicyclic) bond motifs is 5. The summed E-state index contributed by atoms with van der Waals surface area (Å²) in [5.74, 6) is -1.48. The van der Waals surface area contributed by atoms with Gasteiger partial charge in [-0.3, -0.25) is 24.2 Å². The van der Waals surface area contributed by atoms with Gasteiger partial charge in [0.2, 0.25) is 11.8 Å². The lowest BCUT2D eigenvalue weighted by atomic mass is 9.79. The molecule has 2 saturated heterocycles. The minimum absolute atomic E-state index is 0.0340. The van der Waals surface area contributed by atoms with Gasteiger partial charge >= 0.3 is 0 Å². The van der Waals surface area contributed by atoms with Crippen LogP contribution in [0.2, 0.25) is 0 Å². The Kier molecular flexibility index (Phi) is 4.48. The second kappa shape index (κ2) is 6.99.